The van der Waals surface area contributed by atoms with E-state index >= 15 is 0 Å². The largest absolute Gasteiger partial charge is 0.468 e. The number of esters is 1. The van der Waals surface area contributed by atoms with Crippen molar-refractivity contribution in [3.8, 4) is 0 Å². The maximum Gasteiger partial charge on any atom is 0.318 e. The number of halogens is 1. The van der Waals surface area contributed by atoms with Crippen molar-refractivity contribution in [1.29, 1.82) is 0 Å². The maximum atomic E-state index is 13.0. The van der Waals surface area contributed by atoms with Gasteiger partial charge in [-0.2, -0.15) is 0 Å². The van der Waals surface area contributed by atoms with E-state index in [9.17, 15) is 9.18 Å². The molecule has 1 unspecified atom stereocenters. The van der Waals surface area contributed by atoms with Crippen LogP contribution >= 0.6 is 0 Å². The fourth-order valence-corrected chi connectivity index (χ4v) is 2.67. The molecule has 0 saturated carbocycles. The van der Waals surface area contributed by atoms with Gasteiger partial charge in [0.2, 0.25) is 0 Å². The van der Waals surface area contributed by atoms with Gasteiger partial charge in [0.15, 0.2) is 0 Å². The van der Waals surface area contributed by atoms with Gasteiger partial charge in [0.25, 0.3) is 0 Å². The van der Waals surface area contributed by atoms with Crippen LogP contribution in [0.15, 0.2) is 24.3 Å². The molecule has 0 amide bonds. The van der Waals surface area contributed by atoms with Gasteiger partial charge in [-0.1, -0.05) is 12.1 Å². The fraction of sp³-hybridized carbons (Fsp3) is 0.500. The van der Waals surface area contributed by atoms with Gasteiger partial charge >= 0.3 is 5.97 Å². The molecule has 1 saturated heterocycles. The second kappa shape index (κ2) is 5.27. The lowest BCUT2D eigenvalue weighted by atomic mass is 9.74. The van der Waals surface area contributed by atoms with Crippen LogP contribution < -0.4 is 0 Å². The molecule has 5 heteroatoms. The molecule has 0 N–H and O–H groups in total. The molecule has 1 fully saturated rings. The summed E-state index contributed by atoms with van der Waals surface area (Å²) in [6.45, 7) is 0.639. The lowest BCUT2D eigenvalue weighted by Crippen LogP contribution is -2.57. The predicted octanol–water partition coefficient (Wildman–Crippen LogP) is 1.62. The first-order valence-corrected chi connectivity index (χ1v) is 6.09. The Bertz CT molecular complexity index is 454. The highest BCUT2D eigenvalue weighted by molar-refractivity contribution is 5.79. The second-order valence-electron chi connectivity index (χ2n) is 5.06. The van der Waals surface area contributed by atoms with E-state index in [4.69, 9.17) is 9.47 Å². The molecule has 0 spiro atoms. The number of rotatable bonds is 4. The zero-order valence-electron chi connectivity index (χ0n) is 11.4. The van der Waals surface area contributed by atoms with Crippen molar-refractivity contribution < 1.29 is 18.7 Å². The summed E-state index contributed by atoms with van der Waals surface area (Å²) in [4.78, 5) is 14.0. The van der Waals surface area contributed by atoms with Crippen LogP contribution in [0.5, 0.6) is 0 Å². The quantitative estimate of drug-likeness (QED) is 0.777. The third-order valence-electron chi connectivity index (χ3n) is 3.54. The number of nitrogens with zero attached hydrogens (tertiary/aromatic N) is 1. The summed E-state index contributed by atoms with van der Waals surface area (Å²) in [5, 5.41) is 0. The lowest BCUT2D eigenvalue weighted by molar-refractivity contribution is -0.197. The van der Waals surface area contributed by atoms with Crippen LogP contribution in [0.3, 0.4) is 0 Å². The molecule has 1 aromatic rings. The normalized spacial score (nSPS) is 18.8. The summed E-state index contributed by atoms with van der Waals surface area (Å²) in [6, 6.07) is 5.99. The van der Waals surface area contributed by atoms with Gasteiger partial charge in [-0.25, -0.2) is 4.39 Å². The summed E-state index contributed by atoms with van der Waals surface area (Å²) in [7, 11) is 5.15. The van der Waals surface area contributed by atoms with Crippen molar-refractivity contribution in [2.75, 3.05) is 34.4 Å². The zero-order valence-corrected chi connectivity index (χ0v) is 11.4. The third-order valence-corrected chi connectivity index (χ3v) is 3.54. The van der Waals surface area contributed by atoms with Crippen molar-refractivity contribution in [2.45, 2.75) is 6.04 Å². The van der Waals surface area contributed by atoms with E-state index in [0.717, 1.165) is 5.56 Å². The Kier molecular flexibility index (Phi) is 3.87. The first kappa shape index (κ1) is 14.0. The van der Waals surface area contributed by atoms with Crippen molar-refractivity contribution in [3.63, 3.8) is 0 Å². The molecule has 1 aliphatic heterocycles. The smallest absolute Gasteiger partial charge is 0.318 e. The first-order chi connectivity index (χ1) is 9.01. The Morgan fingerprint density at radius 3 is 2.32 bits per heavy atom. The third kappa shape index (κ3) is 2.35. The SMILES string of the molecule is COC(=O)C1(C(c2ccc(F)cc2)N(C)C)COC1. The van der Waals surface area contributed by atoms with Crippen molar-refractivity contribution in [3.05, 3.63) is 35.6 Å². The molecule has 0 aromatic heterocycles. The van der Waals surface area contributed by atoms with Crippen LogP contribution in [0.1, 0.15) is 11.6 Å². The molecule has 0 radical (unpaired) electrons. The molecule has 2 rings (SSSR count). The molecular weight excluding hydrogens is 249 g/mol. The van der Waals surface area contributed by atoms with Crippen LogP contribution in [-0.2, 0) is 14.3 Å². The molecule has 4 nitrogen and oxygen atoms in total. The average Bonchev–Trinajstić information content (AvgIpc) is 2.34. The summed E-state index contributed by atoms with van der Waals surface area (Å²) >= 11 is 0. The Morgan fingerprint density at radius 1 is 1.37 bits per heavy atom. The first-order valence-electron chi connectivity index (χ1n) is 6.09. The van der Waals surface area contributed by atoms with Crippen LogP contribution in [-0.4, -0.2) is 45.3 Å². The highest BCUT2D eigenvalue weighted by Gasteiger charge is 2.54. The fourth-order valence-electron chi connectivity index (χ4n) is 2.67. The van der Waals surface area contributed by atoms with Gasteiger partial charge in [0, 0.05) is 0 Å². The molecule has 0 bridgehead atoms. The van der Waals surface area contributed by atoms with Gasteiger partial charge in [-0.05, 0) is 31.8 Å². The standard InChI is InChI=1S/C14H18FNO3/c1-16(2)12(10-4-6-11(15)7-5-10)14(8-19-9-14)13(17)18-3/h4-7,12H,8-9H2,1-3H3. The van der Waals surface area contributed by atoms with Gasteiger partial charge < -0.3 is 14.4 Å². The molecule has 1 heterocycles. The summed E-state index contributed by atoms with van der Waals surface area (Å²) in [6.07, 6.45) is 0. The van der Waals surface area contributed by atoms with Crippen LogP contribution in [0.25, 0.3) is 0 Å². The van der Waals surface area contributed by atoms with E-state index in [1.54, 1.807) is 12.1 Å². The Hall–Kier alpha value is -1.46. The Morgan fingerprint density at radius 2 is 1.95 bits per heavy atom. The van der Waals surface area contributed by atoms with Crippen LogP contribution in [0.4, 0.5) is 4.39 Å². The predicted molar refractivity (Wildman–Crippen MR) is 68.1 cm³/mol. The molecule has 104 valence electrons. The highest BCUT2D eigenvalue weighted by Crippen LogP contribution is 2.44. The minimum absolute atomic E-state index is 0.200. The van der Waals surface area contributed by atoms with E-state index in [0.29, 0.717) is 13.2 Å². The second-order valence-corrected chi connectivity index (χ2v) is 5.06. The van der Waals surface area contributed by atoms with Gasteiger partial charge in [0.05, 0.1) is 26.4 Å². The summed E-state index contributed by atoms with van der Waals surface area (Å²) in [5.41, 5.74) is 0.163. The molecule has 19 heavy (non-hydrogen) atoms. The summed E-state index contributed by atoms with van der Waals surface area (Å²) in [5.74, 6) is -0.583. The minimum Gasteiger partial charge on any atom is -0.468 e. The maximum absolute atomic E-state index is 13.0. The summed E-state index contributed by atoms with van der Waals surface area (Å²) < 4.78 is 23.2. The number of ether oxygens (including phenoxy) is 2. The number of benzene rings is 1. The Labute approximate surface area is 112 Å². The Balaban J connectivity index is 2.39. The van der Waals surface area contributed by atoms with E-state index < -0.39 is 5.41 Å². The minimum atomic E-state index is -0.712. The zero-order chi connectivity index (χ0) is 14.0. The van der Waals surface area contributed by atoms with Gasteiger partial charge in [-0.3, -0.25) is 4.79 Å². The van der Waals surface area contributed by atoms with Crippen LogP contribution in [0, 0.1) is 11.2 Å². The number of carbonyl (C=O) groups excluding carboxylic acids is 1. The molecule has 1 aliphatic rings. The van der Waals surface area contributed by atoms with Crippen molar-refractivity contribution in [1.82, 2.24) is 4.90 Å². The average molecular weight is 267 g/mol. The lowest BCUT2D eigenvalue weighted by Gasteiger charge is -2.47. The molecule has 0 aliphatic carbocycles. The van der Waals surface area contributed by atoms with E-state index in [1.807, 2.05) is 19.0 Å². The van der Waals surface area contributed by atoms with Gasteiger partial charge in [-0.15, -0.1) is 0 Å². The molecular formula is C14H18FNO3. The van der Waals surface area contributed by atoms with Gasteiger partial charge in [0.1, 0.15) is 11.2 Å². The molecule has 1 atom stereocenters. The van der Waals surface area contributed by atoms with E-state index in [1.165, 1.54) is 19.2 Å². The van der Waals surface area contributed by atoms with Crippen molar-refractivity contribution >= 4 is 5.97 Å². The number of hydrogen-bond acceptors (Lipinski definition) is 4. The van der Waals surface area contributed by atoms with E-state index in [-0.39, 0.29) is 17.8 Å². The number of methoxy groups -OCH3 is 1. The topological polar surface area (TPSA) is 38.8 Å². The number of carbonyl (C=O) groups is 1. The highest BCUT2D eigenvalue weighted by atomic mass is 19.1. The van der Waals surface area contributed by atoms with E-state index in [2.05, 4.69) is 0 Å². The van der Waals surface area contributed by atoms with Crippen molar-refractivity contribution in [2.24, 2.45) is 5.41 Å². The monoisotopic (exact) mass is 267 g/mol. The molecule has 1 aromatic carbocycles. The van der Waals surface area contributed by atoms with Crippen LogP contribution in [0.2, 0.25) is 0 Å². The number of hydrogen-bond donors (Lipinski definition) is 0.